The molecular weight excluding hydrogens is 420 g/mol. The van der Waals surface area contributed by atoms with Crippen molar-refractivity contribution in [1.29, 1.82) is 0 Å². The maximum atomic E-state index is 13.1. The van der Waals surface area contributed by atoms with Crippen LogP contribution in [0.1, 0.15) is 37.4 Å². The number of carbonyl (C=O) groups is 2. The molecule has 2 aromatic rings. The fraction of sp³-hybridized carbons (Fsp3) is 0.385. The smallest absolute Gasteiger partial charge is 0.295 e. The topological polar surface area (TPSA) is 79.3 Å². The summed E-state index contributed by atoms with van der Waals surface area (Å²) in [6.07, 6.45) is 0.723. The first-order valence-corrected chi connectivity index (χ1v) is 11.2. The van der Waals surface area contributed by atoms with Gasteiger partial charge in [0.05, 0.1) is 25.8 Å². The van der Waals surface area contributed by atoms with E-state index in [1.807, 2.05) is 12.1 Å². The van der Waals surface area contributed by atoms with Gasteiger partial charge in [0.2, 0.25) is 0 Å². The predicted molar refractivity (Wildman–Crippen MR) is 127 cm³/mol. The molecule has 1 saturated heterocycles. The van der Waals surface area contributed by atoms with E-state index in [1.165, 1.54) is 7.11 Å². The van der Waals surface area contributed by atoms with E-state index in [-0.39, 0.29) is 11.3 Å². The lowest BCUT2D eigenvalue weighted by molar-refractivity contribution is -0.140. The molecule has 1 aliphatic rings. The molecule has 7 nitrogen and oxygen atoms in total. The van der Waals surface area contributed by atoms with Gasteiger partial charge in [0.25, 0.3) is 11.7 Å². The highest BCUT2D eigenvalue weighted by Gasteiger charge is 2.45. The fourth-order valence-corrected chi connectivity index (χ4v) is 4.17. The van der Waals surface area contributed by atoms with Crippen LogP contribution in [0.4, 0.5) is 0 Å². The molecular formula is C26H32N2O5. The number of ether oxygens (including phenoxy) is 2. The monoisotopic (exact) mass is 452 g/mol. The summed E-state index contributed by atoms with van der Waals surface area (Å²) in [5.41, 5.74) is 1.25. The molecule has 0 aromatic heterocycles. The number of benzene rings is 2. The molecule has 0 unspecified atom stereocenters. The number of nitrogens with zero attached hydrogens (tertiary/aromatic N) is 2. The van der Waals surface area contributed by atoms with Crippen molar-refractivity contribution in [3.8, 4) is 11.5 Å². The largest absolute Gasteiger partial charge is 0.507 e. The molecule has 0 aliphatic carbocycles. The van der Waals surface area contributed by atoms with Crippen LogP contribution in [0.3, 0.4) is 0 Å². The highest BCUT2D eigenvalue weighted by atomic mass is 16.5. The zero-order valence-corrected chi connectivity index (χ0v) is 19.7. The van der Waals surface area contributed by atoms with Crippen molar-refractivity contribution < 1.29 is 24.2 Å². The number of hydrogen-bond acceptors (Lipinski definition) is 6. The van der Waals surface area contributed by atoms with E-state index in [0.29, 0.717) is 23.6 Å². The molecule has 0 saturated carbocycles. The Balaban J connectivity index is 2.04. The van der Waals surface area contributed by atoms with Crippen LogP contribution in [-0.2, 0) is 9.59 Å². The molecule has 0 radical (unpaired) electrons. The minimum Gasteiger partial charge on any atom is -0.507 e. The molecule has 1 N–H and O–H groups in total. The molecule has 1 fully saturated rings. The molecule has 0 bridgehead atoms. The predicted octanol–water partition coefficient (Wildman–Crippen LogP) is 3.86. The first-order chi connectivity index (χ1) is 15.9. The minimum absolute atomic E-state index is 0.0845. The van der Waals surface area contributed by atoms with Crippen molar-refractivity contribution in [1.82, 2.24) is 9.80 Å². The number of ketones is 1. The maximum absolute atomic E-state index is 13.1. The molecule has 1 atom stereocenters. The number of methoxy groups -OCH3 is 2. The van der Waals surface area contributed by atoms with E-state index in [2.05, 4.69) is 18.7 Å². The van der Waals surface area contributed by atoms with Crippen LogP contribution < -0.4 is 9.47 Å². The summed E-state index contributed by atoms with van der Waals surface area (Å²) in [6, 6.07) is 13.4. The van der Waals surface area contributed by atoms with E-state index in [0.717, 1.165) is 31.6 Å². The van der Waals surface area contributed by atoms with Crippen LogP contribution in [0.5, 0.6) is 11.5 Å². The number of likely N-dealkylation sites (tertiary alicyclic amines) is 1. The number of aliphatic hydroxyl groups is 1. The van der Waals surface area contributed by atoms with Crippen LogP contribution in [0.2, 0.25) is 0 Å². The summed E-state index contributed by atoms with van der Waals surface area (Å²) in [5, 5.41) is 11.2. The first-order valence-electron chi connectivity index (χ1n) is 11.2. The molecule has 1 heterocycles. The van der Waals surface area contributed by atoms with E-state index in [4.69, 9.17) is 9.47 Å². The molecule has 0 spiro atoms. The molecule has 7 heteroatoms. The van der Waals surface area contributed by atoms with Crippen LogP contribution in [0, 0.1) is 0 Å². The summed E-state index contributed by atoms with van der Waals surface area (Å²) in [5.74, 6) is -0.267. The van der Waals surface area contributed by atoms with Crippen molar-refractivity contribution in [2.24, 2.45) is 0 Å². The Hall–Kier alpha value is -3.32. The van der Waals surface area contributed by atoms with Gasteiger partial charge < -0.3 is 24.4 Å². The lowest BCUT2D eigenvalue weighted by Gasteiger charge is -2.27. The van der Waals surface area contributed by atoms with Crippen molar-refractivity contribution in [3.63, 3.8) is 0 Å². The summed E-state index contributed by atoms with van der Waals surface area (Å²) < 4.78 is 10.5. The fourth-order valence-electron chi connectivity index (χ4n) is 4.17. The Morgan fingerprint density at radius 3 is 2.27 bits per heavy atom. The molecule has 176 valence electrons. The second kappa shape index (κ2) is 11.0. The number of rotatable bonds is 10. The lowest BCUT2D eigenvalue weighted by atomic mass is 9.95. The lowest BCUT2D eigenvalue weighted by Crippen LogP contribution is -2.33. The Kier molecular flexibility index (Phi) is 8.11. The average Bonchev–Trinajstić information content (AvgIpc) is 3.11. The van der Waals surface area contributed by atoms with Crippen molar-refractivity contribution in [2.45, 2.75) is 26.3 Å². The van der Waals surface area contributed by atoms with Gasteiger partial charge in [-0.15, -0.1) is 0 Å². The summed E-state index contributed by atoms with van der Waals surface area (Å²) in [7, 11) is 3.11. The summed E-state index contributed by atoms with van der Waals surface area (Å²) in [6.45, 7) is 7.27. The van der Waals surface area contributed by atoms with Crippen LogP contribution in [0.15, 0.2) is 54.1 Å². The van der Waals surface area contributed by atoms with E-state index in [9.17, 15) is 14.7 Å². The standard InChI is InChI=1S/C26H32N2O5/c1-5-27(6-2)15-8-16-28-23(18-11-13-20(32-3)14-12-18)22(25(30)26(28)31)24(29)19-9-7-10-21(17-19)33-4/h7,9-14,17,23,29H,5-6,8,15-16H2,1-4H3/t23-/m1/s1. The van der Waals surface area contributed by atoms with Crippen molar-refractivity contribution >= 4 is 17.4 Å². The van der Waals surface area contributed by atoms with Crippen molar-refractivity contribution in [3.05, 3.63) is 65.2 Å². The quantitative estimate of drug-likeness (QED) is 0.335. The zero-order chi connectivity index (χ0) is 24.0. The number of hydrogen-bond donors (Lipinski definition) is 1. The van der Waals surface area contributed by atoms with Gasteiger partial charge in [0, 0.05) is 12.1 Å². The van der Waals surface area contributed by atoms with Crippen LogP contribution in [0.25, 0.3) is 5.76 Å². The van der Waals surface area contributed by atoms with Gasteiger partial charge in [-0.25, -0.2) is 0 Å². The third-order valence-corrected chi connectivity index (χ3v) is 6.08. The summed E-state index contributed by atoms with van der Waals surface area (Å²) >= 11 is 0. The third-order valence-electron chi connectivity index (χ3n) is 6.08. The Morgan fingerprint density at radius 1 is 1.00 bits per heavy atom. The van der Waals surface area contributed by atoms with Crippen molar-refractivity contribution in [2.75, 3.05) is 40.4 Å². The SMILES string of the molecule is CCN(CC)CCCN1C(=O)C(=O)C(=C(O)c2cccc(OC)c2)[C@H]1c1ccc(OC)cc1. The van der Waals surface area contributed by atoms with E-state index in [1.54, 1.807) is 48.4 Å². The number of Topliss-reactive ketones (excluding diaryl/α,β-unsaturated/α-hetero) is 1. The molecule has 1 amide bonds. The molecule has 3 rings (SSSR count). The summed E-state index contributed by atoms with van der Waals surface area (Å²) in [4.78, 5) is 30.0. The number of amides is 1. The normalized spacial score (nSPS) is 17.6. The zero-order valence-electron chi connectivity index (χ0n) is 19.7. The Morgan fingerprint density at radius 2 is 1.67 bits per heavy atom. The highest BCUT2D eigenvalue weighted by molar-refractivity contribution is 6.46. The number of carbonyl (C=O) groups excluding carboxylic acids is 2. The van der Waals surface area contributed by atoms with Gasteiger partial charge in [0.15, 0.2) is 0 Å². The Labute approximate surface area is 195 Å². The van der Waals surface area contributed by atoms with Gasteiger partial charge in [-0.2, -0.15) is 0 Å². The van der Waals surface area contributed by atoms with Gasteiger partial charge in [0.1, 0.15) is 17.3 Å². The van der Waals surface area contributed by atoms with Gasteiger partial charge in [-0.1, -0.05) is 38.1 Å². The third kappa shape index (κ3) is 5.20. The van der Waals surface area contributed by atoms with Crippen LogP contribution >= 0.6 is 0 Å². The van der Waals surface area contributed by atoms with Gasteiger partial charge in [-0.05, 0) is 55.9 Å². The second-order valence-electron chi connectivity index (χ2n) is 7.88. The second-order valence-corrected chi connectivity index (χ2v) is 7.88. The molecule has 2 aromatic carbocycles. The average molecular weight is 453 g/mol. The minimum atomic E-state index is -0.682. The Bertz CT molecular complexity index is 1010. The van der Waals surface area contributed by atoms with E-state index >= 15 is 0 Å². The van der Waals surface area contributed by atoms with E-state index < -0.39 is 17.7 Å². The van der Waals surface area contributed by atoms with Gasteiger partial charge in [-0.3, -0.25) is 9.59 Å². The molecule has 1 aliphatic heterocycles. The van der Waals surface area contributed by atoms with Gasteiger partial charge >= 0.3 is 0 Å². The maximum Gasteiger partial charge on any atom is 0.295 e. The first kappa shape index (κ1) is 24.3. The van der Waals surface area contributed by atoms with Crippen LogP contribution in [-0.4, -0.2) is 67.0 Å². The highest BCUT2D eigenvalue weighted by Crippen LogP contribution is 2.40. The molecule has 33 heavy (non-hydrogen) atoms. The number of aliphatic hydroxyl groups excluding tert-OH is 1.